The van der Waals surface area contributed by atoms with Crippen LogP contribution >= 0.6 is 0 Å². The highest BCUT2D eigenvalue weighted by molar-refractivity contribution is 4.90. The van der Waals surface area contributed by atoms with Gasteiger partial charge in [-0.25, -0.2) is 15.0 Å². The average molecular weight is 252 g/mol. The van der Waals surface area contributed by atoms with Crippen molar-refractivity contribution in [2.24, 2.45) is 0 Å². The molecule has 0 spiro atoms. The maximum atomic E-state index is 5.74. The molecule has 0 bridgehead atoms. The van der Waals surface area contributed by atoms with Crippen LogP contribution in [0.15, 0.2) is 12.7 Å². The predicted octanol–water partition coefficient (Wildman–Crippen LogP) is 1.72. The van der Waals surface area contributed by atoms with E-state index in [1.165, 1.54) is 0 Å². The normalized spacial score (nSPS) is 14.7. The Kier molecular flexibility index (Phi) is 6.75. The van der Waals surface area contributed by atoms with Crippen molar-refractivity contribution < 1.29 is 4.74 Å². The van der Waals surface area contributed by atoms with Gasteiger partial charge in [0.1, 0.15) is 18.5 Å². The molecule has 5 heteroatoms. The van der Waals surface area contributed by atoms with E-state index in [1.807, 2.05) is 0 Å². The second kappa shape index (κ2) is 8.11. The quantitative estimate of drug-likeness (QED) is 0.705. The lowest BCUT2D eigenvalue weighted by molar-refractivity contribution is 0.0485. The minimum absolute atomic E-state index is 0.286. The molecule has 2 atom stereocenters. The van der Waals surface area contributed by atoms with Crippen LogP contribution in [-0.2, 0) is 4.74 Å². The molecule has 0 aliphatic heterocycles. The molecule has 5 nitrogen and oxygen atoms in total. The fourth-order valence-electron chi connectivity index (χ4n) is 1.64. The molecular weight excluding hydrogens is 228 g/mol. The first-order valence-electron chi connectivity index (χ1n) is 6.47. The van der Waals surface area contributed by atoms with E-state index in [0.717, 1.165) is 31.8 Å². The van der Waals surface area contributed by atoms with Gasteiger partial charge < -0.3 is 9.64 Å². The number of rotatable bonds is 8. The van der Waals surface area contributed by atoms with Gasteiger partial charge in [0.05, 0.1) is 12.7 Å². The first kappa shape index (κ1) is 15.0. The molecule has 0 aromatic carbocycles. The number of likely N-dealkylation sites (N-methyl/N-ethyl adjacent to an activating group) is 1. The molecule has 1 rings (SSSR count). The van der Waals surface area contributed by atoms with E-state index in [2.05, 4.69) is 47.8 Å². The van der Waals surface area contributed by atoms with E-state index in [1.54, 1.807) is 12.7 Å². The van der Waals surface area contributed by atoms with Gasteiger partial charge in [0.25, 0.3) is 0 Å². The zero-order valence-corrected chi connectivity index (χ0v) is 11.8. The van der Waals surface area contributed by atoms with Crippen molar-refractivity contribution >= 4 is 0 Å². The summed E-state index contributed by atoms with van der Waals surface area (Å²) in [7, 11) is 4.10. The van der Waals surface area contributed by atoms with Gasteiger partial charge in [-0.05, 0) is 33.9 Å². The Morgan fingerprint density at radius 1 is 1.17 bits per heavy atom. The van der Waals surface area contributed by atoms with Gasteiger partial charge in [0.15, 0.2) is 0 Å². The van der Waals surface area contributed by atoms with E-state index in [-0.39, 0.29) is 6.10 Å². The summed E-state index contributed by atoms with van der Waals surface area (Å²) in [5.41, 5.74) is 0. The van der Waals surface area contributed by atoms with Crippen LogP contribution < -0.4 is 0 Å². The van der Waals surface area contributed by atoms with E-state index < -0.39 is 0 Å². The smallest absolute Gasteiger partial charge is 0.134 e. The van der Waals surface area contributed by atoms with Crippen molar-refractivity contribution in [1.82, 2.24) is 19.9 Å². The van der Waals surface area contributed by atoms with Gasteiger partial charge in [0, 0.05) is 12.5 Å². The standard InChI is InChI=1S/C13H24N4O/c1-11(13-15-9-14-10-16-13)5-6-12(2)18-8-7-17(3)4/h9-12H,5-8H2,1-4H3. The lowest BCUT2D eigenvalue weighted by atomic mass is 10.0. The molecule has 0 saturated carbocycles. The maximum Gasteiger partial charge on any atom is 0.134 e. The summed E-state index contributed by atoms with van der Waals surface area (Å²) >= 11 is 0. The third-order valence-electron chi connectivity index (χ3n) is 2.90. The van der Waals surface area contributed by atoms with Crippen molar-refractivity contribution in [1.29, 1.82) is 0 Å². The second-order valence-corrected chi connectivity index (χ2v) is 4.96. The molecular formula is C13H24N4O. The van der Waals surface area contributed by atoms with Crippen LogP contribution in [0, 0.1) is 0 Å². The fourth-order valence-corrected chi connectivity index (χ4v) is 1.64. The highest BCUT2D eigenvalue weighted by atomic mass is 16.5. The van der Waals surface area contributed by atoms with Crippen molar-refractivity contribution in [2.75, 3.05) is 27.2 Å². The van der Waals surface area contributed by atoms with Crippen LogP contribution in [-0.4, -0.2) is 53.2 Å². The molecule has 0 fully saturated rings. The summed E-state index contributed by atoms with van der Waals surface area (Å²) in [5, 5.41) is 0. The lowest BCUT2D eigenvalue weighted by Crippen LogP contribution is -2.21. The number of aromatic nitrogens is 3. The van der Waals surface area contributed by atoms with Gasteiger partial charge in [-0.2, -0.15) is 0 Å². The van der Waals surface area contributed by atoms with Crippen molar-refractivity contribution in [3.8, 4) is 0 Å². The fraction of sp³-hybridized carbons (Fsp3) is 0.769. The van der Waals surface area contributed by atoms with Gasteiger partial charge in [-0.1, -0.05) is 6.92 Å². The Morgan fingerprint density at radius 2 is 1.83 bits per heavy atom. The molecule has 0 aliphatic carbocycles. The Balaban J connectivity index is 2.20. The Bertz CT molecular complexity index is 318. The molecule has 1 heterocycles. The Labute approximate surface area is 110 Å². The highest BCUT2D eigenvalue weighted by Crippen LogP contribution is 2.17. The van der Waals surface area contributed by atoms with Crippen LogP contribution in [0.5, 0.6) is 0 Å². The van der Waals surface area contributed by atoms with E-state index in [9.17, 15) is 0 Å². The van der Waals surface area contributed by atoms with Crippen molar-refractivity contribution in [3.05, 3.63) is 18.5 Å². The summed E-state index contributed by atoms with van der Waals surface area (Å²) < 4.78 is 5.74. The first-order valence-corrected chi connectivity index (χ1v) is 6.47. The number of hydrogen-bond donors (Lipinski definition) is 0. The predicted molar refractivity (Wildman–Crippen MR) is 71.4 cm³/mol. The summed E-state index contributed by atoms with van der Waals surface area (Å²) in [4.78, 5) is 14.3. The van der Waals surface area contributed by atoms with Crippen LogP contribution in [0.25, 0.3) is 0 Å². The number of ether oxygens (including phenoxy) is 1. The van der Waals surface area contributed by atoms with Crippen molar-refractivity contribution in [2.45, 2.75) is 38.7 Å². The van der Waals surface area contributed by atoms with Gasteiger partial charge >= 0.3 is 0 Å². The largest absolute Gasteiger partial charge is 0.377 e. The minimum atomic E-state index is 0.286. The highest BCUT2D eigenvalue weighted by Gasteiger charge is 2.11. The van der Waals surface area contributed by atoms with Gasteiger partial charge in [0.2, 0.25) is 0 Å². The maximum absolute atomic E-state index is 5.74. The Morgan fingerprint density at radius 3 is 2.44 bits per heavy atom. The van der Waals surface area contributed by atoms with E-state index in [0.29, 0.717) is 5.92 Å². The second-order valence-electron chi connectivity index (χ2n) is 4.96. The topological polar surface area (TPSA) is 51.1 Å². The van der Waals surface area contributed by atoms with Crippen molar-refractivity contribution in [3.63, 3.8) is 0 Å². The third-order valence-corrected chi connectivity index (χ3v) is 2.90. The summed E-state index contributed by atoms with van der Waals surface area (Å²) in [5.74, 6) is 1.22. The van der Waals surface area contributed by atoms with Gasteiger partial charge in [-0.15, -0.1) is 0 Å². The monoisotopic (exact) mass is 252 g/mol. The van der Waals surface area contributed by atoms with Crippen LogP contribution in [0.2, 0.25) is 0 Å². The number of nitrogens with zero attached hydrogens (tertiary/aromatic N) is 4. The molecule has 0 N–H and O–H groups in total. The molecule has 102 valence electrons. The van der Waals surface area contributed by atoms with Crippen LogP contribution in [0.1, 0.15) is 38.4 Å². The van der Waals surface area contributed by atoms with E-state index in [4.69, 9.17) is 4.74 Å². The van der Waals surface area contributed by atoms with E-state index >= 15 is 0 Å². The Hall–Kier alpha value is -1.07. The van der Waals surface area contributed by atoms with Crippen LogP contribution in [0.4, 0.5) is 0 Å². The summed E-state index contributed by atoms with van der Waals surface area (Å²) in [6.45, 7) is 6.01. The molecule has 0 amide bonds. The van der Waals surface area contributed by atoms with Gasteiger partial charge in [-0.3, -0.25) is 0 Å². The number of hydrogen-bond acceptors (Lipinski definition) is 5. The van der Waals surface area contributed by atoms with Crippen LogP contribution in [0.3, 0.4) is 0 Å². The zero-order valence-electron chi connectivity index (χ0n) is 11.8. The minimum Gasteiger partial charge on any atom is -0.377 e. The zero-order chi connectivity index (χ0) is 13.4. The third kappa shape index (κ3) is 6.02. The molecule has 0 radical (unpaired) electrons. The molecule has 18 heavy (non-hydrogen) atoms. The molecule has 0 aliphatic rings. The lowest BCUT2D eigenvalue weighted by Gasteiger charge is -2.17. The first-order chi connectivity index (χ1) is 8.59. The SMILES string of the molecule is CC(CCC(C)c1ncncn1)OCCN(C)C. The average Bonchev–Trinajstić information content (AvgIpc) is 2.36. The molecule has 2 unspecified atom stereocenters. The molecule has 0 saturated heterocycles. The summed E-state index contributed by atoms with van der Waals surface area (Å²) in [6.07, 6.45) is 5.45. The summed E-state index contributed by atoms with van der Waals surface area (Å²) in [6, 6.07) is 0. The molecule has 1 aromatic heterocycles. The molecule has 1 aromatic rings.